The highest BCUT2D eigenvalue weighted by Gasteiger charge is 2.22. The second kappa shape index (κ2) is 4.49. The van der Waals surface area contributed by atoms with E-state index in [-0.39, 0.29) is 0 Å². The highest BCUT2D eigenvalue weighted by molar-refractivity contribution is 5.42. The molecule has 0 aliphatic carbocycles. The molecule has 15 heavy (non-hydrogen) atoms. The number of pyridine rings is 1. The first-order chi connectivity index (χ1) is 7.25. The number of nitrogens with two attached hydrogens (primary N) is 1. The van der Waals surface area contributed by atoms with Crippen molar-refractivity contribution in [2.24, 2.45) is 5.92 Å². The summed E-state index contributed by atoms with van der Waals surface area (Å²) in [6.45, 7) is 3.88. The van der Waals surface area contributed by atoms with Crippen LogP contribution >= 0.6 is 0 Å². The number of ether oxygens (including phenoxy) is 1. The molecule has 2 heterocycles. The average Bonchev–Trinajstić information content (AvgIpc) is 2.70. The van der Waals surface area contributed by atoms with Gasteiger partial charge in [-0.1, -0.05) is 6.07 Å². The standard InChI is InChI=1S/C11H17N3O/c1-8(9-5-6-15-7-9)13-11-4-2-3-10(12)14-11/h2-4,8-9H,5-7H2,1H3,(H3,12,13,14). The minimum Gasteiger partial charge on any atom is -0.384 e. The van der Waals surface area contributed by atoms with E-state index in [9.17, 15) is 0 Å². The van der Waals surface area contributed by atoms with Gasteiger partial charge in [0.2, 0.25) is 0 Å². The van der Waals surface area contributed by atoms with Gasteiger partial charge in [-0.05, 0) is 25.5 Å². The fraction of sp³-hybridized carbons (Fsp3) is 0.545. The van der Waals surface area contributed by atoms with Crippen LogP contribution in [0.15, 0.2) is 18.2 Å². The van der Waals surface area contributed by atoms with Gasteiger partial charge < -0.3 is 15.8 Å². The van der Waals surface area contributed by atoms with Crippen molar-refractivity contribution in [2.45, 2.75) is 19.4 Å². The number of anilines is 2. The topological polar surface area (TPSA) is 60.2 Å². The van der Waals surface area contributed by atoms with Gasteiger partial charge in [0.05, 0.1) is 6.61 Å². The Morgan fingerprint density at radius 2 is 2.47 bits per heavy atom. The van der Waals surface area contributed by atoms with Gasteiger partial charge in [-0.3, -0.25) is 0 Å². The second-order valence-corrected chi connectivity index (χ2v) is 4.00. The van der Waals surface area contributed by atoms with Crippen molar-refractivity contribution in [2.75, 3.05) is 24.3 Å². The van der Waals surface area contributed by atoms with Crippen LogP contribution in [-0.4, -0.2) is 24.2 Å². The van der Waals surface area contributed by atoms with Crippen LogP contribution < -0.4 is 11.1 Å². The number of nitrogens with zero attached hydrogens (tertiary/aromatic N) is 1. The van der Waals surface area contributed by atoms with Gasteiger partial charge in [-0.25, -0.2) is 4.98 Å². The molecule has 1 aromatic rings. The van der Waals surface area contributed by atoms with Crippen molar-refractivity contribution in [3.05, 3.63) is 18.2 Å². The second-order valence-electron chi connectivity index (χ2n) is 4.00. The molecule has 4 heteroatoms. The van der Waals surface area contributed by atoms with Gasteiger partial charge in [0.1, 0.15) is 11.6 Å². The Morgan fingerprint density at radius 1 is 1.60 bits per heavy atom. The molecule has 82 valence electrons. The van der Waals surface area contributed by atoms with Crippen molar-refractivity contribution in [1.29, 1.82) is 0 Å². The monoisotopic (exact) mass is 207 g/mol. The SMILES string of the molecule is CC(Nc1cccc(N)n1)C1CCOC1. The zero-order valence-electron chi connectivity index (χ0n) is 8.94. The lowest BCUT2D eigenvalue weighted by Crippen LogP contribution is -2.26. The largest absolute Gasteiger partial charge is 0.384 e. The molecule has 0 spiro atoms. The summed E-state index contributed by atoms with van der Waals surface area (Å²) < 4.78 is 5.35. The number of hydrogen-bond acceptors (Lipinski definition) is 4. The van der Waals surface area contributed by atoms with Crippen molar-refractivity contribution in [1.82, 2.24) is 4.98 Å². The first-order valence-electron chi connectivity index (χ1n) is 5.32. The maximum Gasteiger partial charge on any atom is 0.128 e. The highest BCUT2D eigenvalue weighted by atomic mass is 16.5. The van der Waals surface area contributed by atoms with Crippen molar-refractivity contribution < 1.29 is 4.74 Å². The molecule has 3 N–H and O–H groups in total. The van der Waals surface area contributed by atoms with Crippen LogP contribution in [0.1, 0.15) is 13.3 Å². The first kappa shape index (κ1) is 10.2. The number of hydrogen-bond donors (Lipinski definition) is 2. The van der Waals surface area contributed by atoms with E-state index in [0.29, 0.717) is 17.8 Å². The summed E-state index contributed by atoms with van der Waals surface area (Å²) in [7, 11) is 0. The van der Waals surface area contributed by atoms with E-state index < -0.39 is 0 Å². The molecule has 1 saturated heterocycles. The van der Waals surface area contributed by atoms with Crippen molar-refractivity contribution >= 4 is 11.6 Å². The molecule has 1 aromatic heterocycles. The van der Waals surface area contributed by atoms with Crippen LogP contribution in [-0.2, 0) is 4.74 Å². The fourth-order valence-electron chi connectivity index (χ4n) is 1.83. The lowest BCUT2D eigenvalue weighted by Gasteiger charge is -2.19. The van der Waals surface area contributed by atoms with E-state index in [1.165, 1.54) is 0 Å². The Kier molecular flexibility index (Phi) is 3.06. The lowest BCUT2D eigenvalue weighted by molar-refractivity contribution is 0.183. The van der Waals surface area contributed by atoms with Crippen LogP contribution in [0.25, 0.3) is 0 Å². The zero-order valence-corrected chi connectivity index (χ0v) is 8.94. The molecule has 0 bridgehead atoms. The summed E-state index contributed by atoms with van der Waals surface area (Å²) in [6.07, 6.45) is 1.12. The Morgan fingerprint density at radius 3 is 3.13 bits per heavy atom. The normalized spacial score (nSPS) is 22.6. The molecule has 2 unspecified atom stereocenters. The summed E-state index contributed by atoms with van der Waals surface area (Å²) in [5.74, 6) is 1.97. The maximum atomic E-state index is 5.61. The molecule has 0 radical (unpaired) electrons. The molecule has 1 aliphatic heterocycles. The third-order valence-electron chi connectivity index (χ3n) is 2.82. The molecule has 2 atom stereocenters. The third-order valence-corrected chi connectivity index (χ3v) is 2.82. The summed E-state index contributed by atoms with van der Waals surface area (Å²) in [4.78, 5) is 4.21. The molecule has 1 fully saturated rings. The molecule has 0 amide bonds. The van der Waals surface area contributed by atoms with Gasteiger partial charge in [-0.15, -0.1) is 0 Å². The Labute approximate surface area is 89.8 Å². The predicted octanol–water partition coefficient (Wildman–Crippen LogP) is 1.50. The molecule has 0 saturated carbocycles. The lowest BCUT2D eigenvalue weighted by atomic mass is 10.0. The van der Waals surface area contributed by atoms with Gasteiger partial charge in [0, 0.05) is 18.6 Å². The van der Waals surface area contributed by atoms with Gasteiger partial charge in [0.15, 0.2) is 0 Å². The summed E-state index contributed by atoms with van der Waals surface area (Å²) >= 11 is 0. The Bertz CT molecular complexity index is 323. The molecular formula is C11H17N3O. The van der Waals surface area contributed by atoms with Crippen LogP contribution in [0.3, 0.4) is 0 Å². The molecule has 0 aromatic carbocycles. The third kappa shape index (κ3) is 2.59. The van der Waals surface area contributed by atoms with E-state index >= 15 is 0 Å². The van der Waals surface area contributed by atoms with Crippen LogP contribution in [0, 0.1) is 5.92 Å². The number of nitrogen functional groups attached to an aromatic ring is 1. The van der Waals surface area contributed by atoms with Crippen LogP contribution in [0.5, 0.6) is 0 Å². The smallest absolute Gasteiger partial charge is 0.128 e. The zero-order chi connectivity index (χ0) is 10.7. The Balaban J connectivity index is 1.95. The highest BCUT2D eigenvalue weighted by Crippen LogP contribution is 2.19. The first-order valence-corrected chi connectivity index (χ1v) is 5.32. The van der Waals surface area contributed by atoms with Gasteiger partial charge >= 0.3 is 0 Å². The predicted molar refractivity (Wildman–Crippen MR) is 60.7 cm³/mol. The van der Waals surface area contributed by atoms with E-state index in [1.807, 2.05) is 12.1 Å². The number of nitrogens with one attached hydrogen (secondary N) is 1. The summed E-state index contributed by atoms with van der Waals surface area (Å²) in [5, 5.41) is 3.35. The minimum absolute atomic E-state index is 0.377. The van der Waals surface area contributed by atoms with E-state index in [1.54, 1.807) is 6.07 Å². The van der Waals surface area contributed by atoms with Crippen LogP contribution in [0.2, 0.25) is 0 Å². The van der Waals surface area contributed by atoms with Gasteiger partial charge in [-0.2, -0.15) is 0 Å². The van der Waals surface area contributed by atoms with E-state index in [4.69, 9.17) is 10.5 Å². The summed E-state index contributed by atoms with van der Waals surface area (Å²) in [6, 6.07) is 6.00. The number of rotatable bonds is 3. The van der Waals surface area contributed by atoms with Crippen molar-refractivity contribution in [3.63, 3.8) is 0 Å². The van der Waals surface area contributed by atoms with Crippen LogP contribution in [0.4, 0.5) is 11.6 Å². The fourth-order valence-corrected chi connectivity index (χ4v) is 1.83. The molecule has 4 nitrogen and oxygen atoms in total. The minimum atomic E-state index is 0.377. The quantitative estimate of drug-likeness (QED) is 0.788. The molecule has 2 rings (SSSR count). The Hall–Kier alpha value is -1.29. The van der Waals surface area contributed by atoms with E-state index in [2.05, 4.69) is 17.2 Å². The van der Waals surface area contributed by atoms with E-state index in [0.717, 1.165) is 25.5 Å². The summed E-state index contributed by atoms with van der Waals surface area (Å²) in [5.41, 5.74) is 5.61. The average molecular weight is 207 g/mol. The van der Waals surface area contributed by atoms with Gasteiger partial charge in [0.25, 0.3) is 0 Å². The van der Waals surface area contributed by atoms with Crippen molar-refractivity contribution in [3.8, 4) is 0 Å². The molecular weight excluding hydrogens is 190 g/mol. The number of aromatic nitrogens is 1. The molecule has 1 aliphatic rings. The maximum absolute atomic E-state index is 5.61.